The van der Waals surface area contributed by atoms with Gasteiger partial charge in [0.15, 0.2) is 0 Å². The fourth-order valence-corrected chi connectivity index (χ4v) is 7.49. The van der Waals surface area contributed by atoms with Gasteiger partial charge in [-0.05, 0) is 66.4 Å². The number of nitrogens with one attached hydrogen (secondary N) is 2. The normalized spacial score (nSPS) is 47.1. The Morgan fingerprint density at radius 2 is 2.19 bits per heavy atom. The van der Waals surface area contributed by atoms with E-state index in [1.165, 1.54) is 38.0 Å². The number of fused-ring (bicyclic) bond motifs is 1. The molecule has 2 aliphatic heterocycles. The summed E-state index contributed by atoms with van der Waals surface area (Å²) in [5.74, 6) is 4.56. The average Bonchev–Trinajstić information content (AvgIpc) is 3.26. The second kappa shape index (κ2) is 4.95. The zero-order chi connectivity index (χ0) is 17.7. The van der Waals surface area contributed by atoms with Crippen molar-refractivity contribution in [3.63, 3.8) is 0 Å². The first-order chi connectivity index (χ1) is 12.5. The molecule has 1 aromatic heterocycles. The van der Waals surface area contributed by atoms with Crippen molar-refractivity contribution in [1.29, 1.82) is 0 Å². The highest BCUT2D eigenvalue weighted by Crippen LogP contribution is 2.89. The Bertz CT molecular complexity index is 733. The van der Waals surface area contributed by atoms with Gasteiger partial charge in [0.05, 0.1) is 0 Å². The van der Waals surface area contributed by atoms with Gasteiger partial charge in [-0.25, -0.2) is 4.98 Å². The number of pyridine rings is 1. The first kappa shape index (κ1) is 15.7. The third-order valence-electron chi connectivity index (χ3n) is 9.23. The summed E-state index contributed by atoms with van der Waals surface area (Å²) in [6, 6.07) is 5.76. The Morgan fingerprint density at radius 3 is 3.04 bits per heavy atom. The molecule has 4 nitrogen and oxygen atoms in total. The first-order valence-corrected chi connectivity index (χ1v) is 10.7. The minimum absolute atomic E-state index is 0.581. The smallest absolute Gasteiger partial charge is 0.128 e. The number of aromatic nitrogens is 1. The quantitative estimate of drug-likeness (QED) is 0.875. The molecule has 7 unspecified atom stereocenters. The molecule has 5 fully saturated rings. The van der Waals surface area contributed by atoms with E-state index in [1.807, 2.05) is 6.20 Å². The highest BCUT2D eigenvalue weighted by Gasteiger charge is 2.84. The Hall–Kier alpha value is -1.29. The third-order valence-corrected chi connectivity index (χ3v) is 9.23. The maximum absolute atomic E-state index is 4.67. The Labute approximate surface area is 157 Å². The lowest BCUT2D eigenvalue weighted by Gasteiger charge is -2.30. The Balaban J connectivity index is 1.18. The molecule has 0 amide bonds. The summed E-state index contributed by atoms with van der Waals surface area (Å²) in [5, 5.41) is 7.50. The molecule has 2 N–H and O–H groups in total. The third kappa shape index (κ3) is 1.92. The molecule has 0 bridgehead atoms. The molecule has 0 radical (unpaired) electrons. The summed E-state index contributed by atoms with van der Waals surface area (Å²) < 4.78 is 0. The monoisotopic (exact) mass is 352 g/mol. The predicted octanol–water partition coefficient (Wildman–Crippen LogP) is 3.36. The molecule has 2 saturated heterocycles. The van der Waals surface area contributed by atoms with Gasteiger partial charge in [0.1, 0.15) is 5.82 Å². The fourth-order valence-electron chi connectivity index (χ4n) is 7.49. The fraction of sp³-hybridized carbons (Fsp3) is 0.773. The van der Waals surface area contributed by atoms with E-state index in [1.54, 1.807) is 0 Å². The van der Waals surface area contributed by atoms with E-state index in [0.29, 0.717) is 17.5 Å². The van der Waals surface area contributed by atoms with Crippen LogP contribution < -0.4 is 15.5 Å². The minimum atomic E-state index is 0.581. The van der Waals surface area contributed by atoms with Crippen LogP contribution >= 0.6 is 0 Å². The van der Waals surface area contributed by atoms with E-state index in [-0.39, 0.29) is 0 Å². The van der Waals surface area contributed by atoms with Gasteiger partial charge >= 0.3 is 0 Å². The van der Waals surface area contributed by atoms with Crippen LogP contribution in [0.4, 0.5) is 11.5 Å². The topological polar surface area (TPSA) is 40.2 Å². The molecule has 1 spiro atoms. The number of anilines is 2. The van der Waals surface area contributed by atoms with Crippen molar-refractivity contribution >= 4 is 11.5 Å². The second-order valence-electron chi connectivity index (χ2n) is 10.4. The molecule has 4 heteroatoms. The zero-order valence-corrected chi connectivity index (χ0v) is 16.3. The molecule has 3 aliphatic carbocycles. The molecule has 140 valence electrons. The van der Waals surface area contributed by atoms with Crippen LogP contribution in [0.2, 0.25) is 0 Å². The molecule has 1 aromatic rings. The van der Waals surface area contributed by atoms with Crippen LogP contribution in [-0.2, 0) is 0 Å². The predicted molar refractivity (Wildman–Crippen MR) is 105 cm³/mol. The lowest BCUT2D eigenvalue weighted by molar-refractivity contribution is 0.321. The number of nitrogens with zero attached hydrogens (tertiary/aromatic N) is 2. The Kier molecular flexibility index (Phi) is 3.00. The average molecular weight is 353 g/mol. The number of hydrogen-bond acceptors (Lipinski definition) is 4. The molecule has 3 heterocycles. The highest BCUT2D eigenvalue weighted by atomic mass is 15.2. The minimum Gasteiger partial charge on any atom is -0.369 e. The van der Waals surface area contributed by atoms with Gasteiger partial charge in [-0.3, -0.25) is 0 Å². The van der Waals surface area contributed by atoms with Crippen molar-refractivity contribution in [2.24, 2.45) is 34.5 Å². The standard InChI is InChI=1S/C22H32N4/c1-13-16-10-22(16)19(21(22,2)3)9-17(13)25-20-8-15(5-7-24-20)26-11-14-4-6-23-18(14)12-26/h5,7-8,13-14,16-19,23H,4,6,9-12H2,1-3H3,(H,24,25). The SMILES string of the molecule is CC1C(Nc2cc(N3CC4CCNC4C3)ccn2)CC2C(C)(C)C23CC13. The summed E-state index contributed by atoms with van der Waals surface area (Å²) in [6.45, 7) is 11.0. The van der Waals surface area contributed by atoms with E-state index < -0.39 is 0 Å². The zero-order valence-electron chi connectivity index (χ0n) is 16.3. The van der Waals surface area contributed by atoms with Crippen LogP contribution in [0.3, 0.4) is 0 Å². The molecule has 7 atom stereocenters. The first-order valence-electron chi connectivity index (χ1n) is 10.7. The maximum Gasteiger partial charge on any atom is 0.128 e. The number of hydrogen-bond donors (Lipinski definition) is 2. The molecule has 0 aromatic carbocycles. The summed E-state index contributed by atoms with van der Waals surface area (Å²) in [6.07, 6.45) is 6.13. The second-order valence-corrected chi connectivity index (χ2v) is 10.4. The van der Waals surface area contributed by atoms with Gasteiger partial charge in [0, 0.05) is 43.1 Å². The molecule has 3 saturated carbocycles. The summed E-state index contributed by atoms with van der Waals surface area (Å²) in [5.41, 5.74) is 2.65. The van der Waals surface area contributed by atoms with Gasteiger partial charge in [0.2, 0.25) is 0 Å². The van der Waals surface area contributed by atoms with Crippen LogP contribution in [0.5, 0.6) is 0 Å². The van der Waals surface area contributed by atoms with Crippen LogP contribution in [0, 0.1) is 34.5 Å². The number of rotatable bonds is 3. The van der Waals surface area contributed by atoms with Crippen molar-refractivity contribution in [2.75, 3.05) is 29.9 Å². The van der Waals surface area contributed by atoms with Crippen molar-refractivity contribution in [2.45, 2.75) is 52.1 Å². The van der Waals surface area contributed by atoms with Gasteiger partial charge in [-0.15, -0.1) is 0 Å². The van der Waals surface area contributed by atoms with Crippen LogP contribution in [0.1, 0.15) is 40.0 Å². The summed E-state index contributed by atoms with van der Waals surface area (Å²) >= 11 is 0. The largest absolute Gasteiger partial charge is 0.369 e. The van der Waals surface area contributed by atoms with Gasteiger partial charge < -0.3 is 15.5 Å². The van der Waals surface area contributed by atoms with Crippen molar-refractivity contribution < 1.29 is 0 Å². The van der Waals surface area contributed by atoms with Gasteiger partial charge in [-0.2, -0.15) is 0 Å². The van der Waals surface area contributed by atoms with Crippen LogP contribution in [-0.4, -0.2) is 36.7 Å². The molecule has 5 aliphatic rings. The maximum atomic E-state index is 4.67. The van der Waals surface area contributed by atoms with E-state index in [2.05, 4.69) is 53.4 Å². The lowest BCUT2D eigenvalue weighted by atomic mass is 9.86. The molecular weight excluding hydrogens is 320 g/mol. The van der Waals surface area contributed by atoms with Crippen LogP contribution in [0.15, 0.2) is 18.3 Å². The van der Waals surface area contributed by atoms with E-state index in [4.69, 9.17) is 0 Å². The van der Waals surface area contributed by atoms with E-state index in [9.17, 15) is 0 Å². The Morgan fingerprint density at radius 1 is 1.31 bits per heavy atom. The van der Waals surface area contributed by atoms with Gasteiger partial charge in [-0.1, -0.05) is 20.8 Å². The van der Waals surface area contributed by atoms with Crippen molar-refractivity contribution in [3.8, 4) is 0 Å². The van der Waals surface area contributed by atoms with E-state index >= 15 is 0 Å². The van der Waals surface area contributed by atoms with E-state index in [0.717, 1.165) is 41.4 Å². The van der Waals surface area contributed by atoms with Crippen molar-refractivity contribution in [3.05, 3.63) is 18.3 Å². The molecule has 26 heavy (non-hydrogen) atoms. The van der Waals surface area contributed by atoms with Crippen LogP contribution in [0.25, 0.3) is 0 Å². The lowest BCUT2D eigenvalue weighted by Crippen LogP contribution is -2.33. The highest BCUT2D eigenvalue weighted by molar-refractivity contribution is 5.55. The van der Waals surface area contributed by atoms with Crippen molar-refractivity contribution in [1.82, 2.24) is 10.3 Å². The molecule has 6 rings (SSSR count). The summed E-state index contributed by atoms with van der Waals surface area (Å²) in [4.78, 5) is 7.22. The van der Waals surface area contributed by atoms with Gasteiger partial charge in [0.25, 0.3) is 0 Å². The molecular formula is C22H32N4. The summed E-state index contributed by atoms with van der Waals surface area (Å²) in [7, 11) is 0.